The summed E-state index contributed by atoms with van der Waals surface area (Å²) in [5.74, 6) is -0.437. The molecule has 1 aromatic carbocycles. The number of alkyl halides is 2. The number of benzene rings is 1. The van der Waals surface area contributed by atoms with E-state index in [0.717, 1.165) is 10.7 Å². The summed E-state index contributed by atoms with van der Waals surface area (Å²) in [7, 11) is 1.33. The molecule has 0 unspecified atom stereocenters. The summed E-state index contributed by atoms with van der Waals surface area (Å²) in [5, 5.41) is 16.7. The molecule has 8 nitrogen and oxygen atoms in total. The molecule has 0 aliphatic carbocycles. The Morgan fingerprint density at radius 1 is 1.48 bits per heavy atom. The Morgan fingerprint density at radius 3 is 2.68 bits per heavy atom. The van der Waals surface area contributed by atoms with Crippen LogP contribution in [-0.4, -0.2) is 27.7 Å². The van der Waals surface area contributed by atoms with Crippen LogP contribution in [0.25, 0.3) is 0 Å². The van der Waals surface area contributed by atoms with E-state index in [1.807, 2.05) is 0 Å². The highest BCUT2D eigenvalue weighted by molar-refractivity contribution is 6.31. The lowest BCUT2D eigenvalue weighted by atomic mass is 10.2. The second-order valence-electron chi connectivity index (χ2n) is 4.97. The largest absolute Gasteiger partial charge is 0.496 e. The molecule has 1 N–H and O–H groups in total. The summed E-state index contributed by atoms with van der Waals surface area (Å²) < 4.78 is 31.5. The fourth-order valence-corrected chi connectivity index (χ4v) is 2.27. The zero-order valence-electron chi connectivity index (χ0n) is 13.1. The van der Waals surface area contributed by atoms with Gasteiger partial charge < -0.3 is 10.1 Å². The molecule has 0 spiro atoms. The van der Waals surface area contributed by atoms with E-state index in [1.54, 1.807) is 0 Å². The molecule has 0 radical (unpaired) electrons. The van der Waals surface area contributed by atoms with Crippen molar-refractivity contribution in [3.05, 3.63) is 44.7 Å². The standard InChI is InChI=1S/C14H13ClF2N4O4/c1-7-12(15)13(14(16)17)19-20(7)6-11(22)18-8-3-9(21(23)24)5-10(4-8)25-2/h3-5,14H,6H2,1-2H3,(H,18,22). The zero-order chi connectivity index (χ0) is 18.7. The number of nitrogens with zero attached hydrogens (tertiary/aromatic N) is 3. The molecule has 0 aliphatic rings. The van der Waals surface area contributed by atoms with E-state index in [4.69, 9.17) is 16.3 Å². The molecule has 0 aliphatic heterocycles. The minimum Gasteiger partial charge on any atom is -0.496 e. The lowest BCUT2D eigenvalue weighted by Crippen LogP contribution is -2.20. The number of nitrogens with one attached hydrogen (secondary N) is 1. The van der Waals surface area contributed by atoms with Crippen LogP contribution in [0.4, 0.5) is 20.2 Å². The molecule has 25 heavy (non-hydrogen) atoms. The van der Waals surface area contributed by atoms with Crippen LogP contribution in [0.5, 0.6) is 5.75 Å². The van der Waals surface area contributed by atoms with Gasteiger partial charge in [-0.05, 0) is 6.92 Å². The van der Waals surface area contributed by atoms with Crippen molar-refractivity contribution in [1.82, 2.24) is 9.78 Å². The van der Waals surface area contributed by atoms with Crippen LogP contribution >= 0.6 is 11.6 Å². The van der Waals surface area contributed by atoms with E-state index < -0.39 is 22.9 Å². The summed E-state index contributed by atoms with van der Waals surface area (Å²) in [6.45, 7) is 1.06. The minimum absolute atomic E-state index is 0.126. The molecule has 1 amide bonds. The average Bonchev–Trinajstić information content (AvgIpc) is 2.82. The van der Waals surface area contributed by atoms with E-state index in [-0.39, 0.29) is 34.4 Å². The van der Waals surface area contributed by atoms with Crippen LogP contribution in [0.2, 0.25) is 5.02 Å². The van der Waals surface area contributed by atoms with Gasteiger partial charge in [0.05, 0.1) is 34.5 Å². The van der Waals surface area contributed by atoms with Crippen molar-refractivity contribution < 1.29 is 23.2 Å². The molecule has 11 heteroatoms. The summed E-state index contributed by atoms with van der Waals surface area (Å²) in [4.78, 5) is 22.3. The number of nitro groups is 1. The van der Waals surface area contributed by atoms with Crippen LogP contribution in [0.15, 0.2) is 18.2 Å². The highest BCUT2D eigenvalue weighted by Crippen LogP contribution is 2.29. The maximum atomic E-state index is 12.8. The van der Waals surface area contributed by atoms with Crippen molar-refractivity contribution in [2.45, 2.75) is 19.9 Å². The highest BCUT2D eigenvalue weighted by Gasteiger charge is 2.21. The predicted molar refractivity (Wildman–Crippen MR) is 85.2 cm³/mol. The van der Waals surface area contributed by atoms with Crippen LogP contribution < -0.4 is 10.1 Å². The van der Waals surface area contributed by atoms with Crippen LogP contribution in [0.3, 0.4) is 0 Å². The van der Waals surface area contributed by atoms with Gasteiger partial charge in [-0.15, -0.1) is 0 Å². The SMILES string of the molecule is COc1cc(NC(=O)Cn2nc(C(F)F)c(Cl)c2C)cc([N+](=O)[O-])c1. The number of hydrogen-bond donors (Lipinski definition) is 1. The van der Waals surface area contributed by atoms with Gasteiger partial charge in [-0.1, -0.05) is 11.6 Å². The van der Waals surface area contributed by atoms with Gasteiger partial charge in [0, 0.05) is 12.1 Å². The molecule has 2 aromatic rings. The van der Waals surface area contributed by atoms with Crippen LogP contribution in [0.1, 0.15) is 17.8 Å². The Hall–Kier alpha value is -2.75. The first-order valence-electron chi connectivity index (χ1n) is 6.87. The summed E-state index contributed by atoms with van der Waals surface area (Å²) in [6.07, 6.45) is -2.86. The Labute approximate surface area is 145 Å². The van der Waals surface area contributed by atoms with E-state index in [1.165, 1.54) is 26.2 Å². The number of carbonyl (C=O) groups is 1. The third-order valence-corrected chi connectivity index (χ3v) is 3.75. The topological polar surface area (TPSA) is 99.3 Å². The lowest BCUT2D eigenvalue weighted by molar-refractivity contribution is -0.384. The molecule has 1 heterocycles. The number of carbonyl (C=O) groups excluding carboxylic acids is 1. The molecule has 0 saturated carbocycles. The van der Waals surface area contributed by atoms with Gasteiger partial charge in [0.25, 0.3) is 12.1 Å². The van der Waals surface area contributed by atoms with Crippen molar-refractivity contribution in [2.24, 2.45) is 0 Å². The van der Waals surface area contributed by atoms with E-state index in [2.05, 4.69) is 10.4 Å². The van der Waals surface area contributed by atoms with Crippen molar-refractivity contribution in [1.29, 1.82) is 0 Å². The molecule has 1 aromatic heterocycles. The van der Waals surface area contributed by atoms with Gasteiger partial charge in [0.2, 0.25) is 5.91 Å². The van der Waals surface area contributed by atoms with Crippen molar-refractivity contribution in [2.75, 3.05) is 12.4 Å². The number of aromatic nitrogens is 2. The Bertz CT molecular complexity index is 825. The second kappa shape index (κ2) is 7.43. The van der Waals surface area contributed by atoms with Gasteiger partial charge in [-0.2, -0.15) is 5.10 Å². The number of rotatable bonds is 6. The Balaban J connectivity index is 2.19. The molecule has 0 saturated heterocycles. The average molecular weight is 375 g/mol. The van der Waals surface area contributed by atoms with Crippen LogP contribution in [0, 0.1) is 17.0 Å². The molecule has 0 fully saturated rings. The molecule has 0 atom stereocenters. The number of ether oxygens (including phenoxy) is 1. The minimum atomic E-state index is -2.86. The third kappa shape index (κ3) is 4.21. The van der Waals surface area contributed by atoms with Gasteiger partial charge in [-0.25, -0.2) is 8.78 Å². The fourth-order valence-electron chi connectivity index (χ4n) is 2.06. The molecule has 2 rings (SSSR count). The van der Waals surface area contributed by atoms with Crippen molar-refractivity contribution >= 4 is 28.9 Å². The predicted octanol–water partition coefficient (Wildman–Crippen LogP) is 3.34. The molecule has 0 bridgehead atoms. The highest BCUT2D eigenvalue weighted by atomic mass is 35.5. The van der Waals surface area contributed by atoms with Gasteiger partial charge in [-0.3, -0.25) is 19.6 Å². The summed E-state index contributed by atoms with van der Waals surface area (Å²) in [5.41, 5.74) is -0.540. The molecule has 134 valence electrons. The first-order valence-corrected chi connectivity index (χ1v) is 7.25. The first kappa shape index (κ1) is 18.6. The van der Waals surface area contributed by atoms with E-state index >= 15 is 0 Å². The van der Waals surface area contributed by atoms with Gasteiger partial charge in [0.1, 0.15) is 18.0 Å². The maximum absolute atomic E-state index is 12.8. The first-order chi connectivity index (χ1) is 11.7. The number of hydrogen-bond acceptors (Lipinski definition) is 5. The fraction of sp³-hybridized carbons (Fsp3) is 0.286. The second-order valence-corrected chi connectivity index (χ2v) is 5.35. The van der Waals surface area contributed by atoms with E-state index in [0.29, 0.717) is 0 Å². The lowest BCUT2D eigenvalue weighted by Gasteiger charge is -2.08. The number of nitro benzene ring substituents is 1. The quantitative estimate of drug-likeness (QED) is 0.617. The smallest absolute Gasteiger partial charge is 0.283 e. The summed E-state index contributed by atoms with van der Waals surface area (Å²) >= 11 is 5.76. The Kier molecular flexibility index (Phi) is 5.52. The Morgan fingerprint density at radius 2 is 2.16 bits per heavy atom. The number of non-ortho nitro benzene ring substituents is 1. The number of methoxy groups -OCH3 is 1. The zero-order valence-corrected chi connectivity index (χ0v) is 13.9. The van der Waals surface area contributed by atoms with E-state index in [9.17, 15) is 23.7 Å². The van der Waals surface area contributed by atoms with Gasteiger partial charge in [0.15, 0.2) is 0 Å². The normalized spacial score (nSPS) is 10.8. The van der Waals surface area contributed by atoms with Crippen LogP contribution in [-0.2, 0) is 11.3 Å². The number of anilines is 1. The summed E-state index contributed by atoms with van der Waals surface area (Å²) in [6, 6.07) is 3.73. The number of amides is 1. The number of halogens is 3. The third-order valence-electron chi connectivity index (χ3n) is 3.28. The molecular formula is C14H13ClF2N4O4. The monoisotopic (exact) mass is 374 g/mol. The van der Waals surface area contributed by atoms with Crippen molar-refractivity contribution in [3.63, 3.8) is 0 Å². The van der Waals surface area contributed by atoms with Crippen molar-refractivity contribution in [3.8, 4) is 5.75 Å². The van der Waals surface area contributed by atoms with Gasteiger partial charge >= 0.3 is 0 Å². The molecular weight excluding hydrogens is 362 g/mol. The maximum Gasteiger partial charge on any atom is 0.283 e.